The van der Waals surface area contributed by atoms with Crippen LogP contribution in [0.25, 0.3) is 11.1 Å². The minimum absolute atomic E-state index is 0.843. The number of aryl methyl sites for hydroxylation is 1. The van der Waals surface area contributed by atoms with Gasteiger partial charge < -0.3 is 5.32 Å². The molecular weight excluding hydrogens is 262 g/mol. The summed E-state index contributed by atoms with van der Waals surface area (Å²) in [6, 6.07) is 8.53. The van der Waals surface area contributed by atoms with E-state index < -0.39 is 0 Å². The van der Waals surface area contributed by atoms with Gasteiger partial charge in [0.2, 0.25) is 0 Å². The monoisotopic (exact) mass is 279 g/mol. The molecule has 0 bridgehead atoms. The van der Waals surface area contributed by atoms with E-state index in [1.54, 1.807) is 11.3 Å². The Morgan fingerprint density at radius 1 is 1.22 bits per heavy atom. The van der Waals surface area contributed by atoms with E-state index in [4.69, 9.17) is 11.6 Å². The quantitative estimate of drug-likeness (QED) is 0.770. The fourth-order valence-corrected chi connectivity index (χ4v) is 2.82. The summed E-state index contributed by atoms with van der Waals surface area (Å²) in [5.74, 6) is 0. The van der Waals surface area contributed by atoms with E-state index in [9.17, 15) is 0 Å². The first-order valence-corrected chi connectivity index (χ1v) is 7.51. The van der Waals surface area contributed by atoms with Gasteiger partial charge in [0.15, 0.2) is 0 Å². The molecule has 0 fully saturated rings. The second-order valence-electron chi connectivity index (χ2n) is 4.43. The van der Waals surface area contributed by atoms with Gasteiger partial charge in [0.1, 0.15) is 0 Å². The lowest BCUT2D eigenvalue weighted by Crippen LogP contribution is -2.13. The molecule has 0 aliphatic rings. The predicted molar refractivity (Wildman–Crippen MR) is 81.5 cm³/mol. The summed E-state index contributed by atoms with van der Waals surface area (Å²) in [4.78, 5) is 1.33. The van der Waals surface area contributed by atoms with Crippen LogP contribution >= 0.6 is 22.9 Å². The first kappa shape index (κ1) is 13.6. The number of benzene rings is 1. The topological polar surface area (TPSA) is 12.0 Å². The van der Waals surface area contributed by atoms with Gasteiger partial charge in [0.25, 0.3) is 0 Å². The Morgan fingerprint density at radius 3 is 2.67 bits per heavy atom. The molecule has 0 saturated carbocycles. The molecule has 0 atom stereocenters. The molecule has 1 aromatic carbocycles. The molecule has 0 saturated heterocycles. The van der Waals surface area contributed by atoms with Crippen molar-refractivity contribution >= 4 is 22.9 Å². The first-order valence-electron chi connectivity index (χ1n) is 6.25. The highest BCUT2D eigenvalue weighted by molar-refractivity contribution is 7.10. The van der Waals surface area contributed by atoms with Crippen molar-refractivity contribution in [2.45, 2.75) is 26.8 Å². The molecular formula is C15H18ClNS. The summed E-state index contributed by atoms with van der Waals surface area (Å²) in [7, 11) is 0. The Bertz CT molecular complexity index is 519. The van der Waals surface area contributed by atoms with E-state index in [1.807, 2.05) is 0 Å². The van der Waals surface area contributed by atoms with Crippen molar-refractivity contribution in [2.24, 2.45) is 0 Å². The van der Waals surface area contributed by atoms with Crippen molar-refractivity contribution in [3.05, 3.63) is 45.1 Å². The number of hydrogen-bond acceptors (Lipinski definition) is 2. The van der Waals surface area contributed by atoms with Gasteiger partial charge >= 0.3 is 0 Å². The third-order valence-corrected chi connectivity index (χ3v) is 4.07. The highest BCUT2D eigenvalue weighted by atomic mass is 35.5. The fourth-order valence-electron chi connectivity index (χ4n) is 1.86. The van der Waals surface area contributed by atoms with E-state index in [-0.39, 0.29) is 0 Å². The van der Waals surface area contributed by atoms with Gasteiger partial charge in [0.05, 0.1) is 0 Å². The predicted octanol–water partition coefficient (Wildman–Crippen LogP) is 4.88. The molecule has 1 aromatic heterocycles. The van der Waals surface area contributed by atoms with E-state index >= 15 is 0 Å². The van der Waals surface area contributed by atoms with Crippen LogP contribution in [0.2, 0.25) is 5.02 Å². The normalized spacial score (nSPS) is 10.8. The van der Waals surface area contributed by atoms with Crippen molar-refractivity contribution in [3.8, 4) is 11.1 Å². The van der Waals surface area contributed by atoms with Gasteiger partial charge in [0, 0.05) is 16.4 Å². The summed E-state index contributed by atoms with van der Waals surface area (Å²) in [5, 5.41) is 6.40. The number of halogens is 1. The van der Waals surface area contributed by atoms with Crippen molar-refractivity contribution in [2.75, 3.05) is 6.54 Å². The summed E-state index contributed by atoms with van der Waals surface area (Å²) in [5.41, 5.74) is 3.62. The van der Waals surface area contributed by atoms with Crippen LogP contribution in [0, 0.1) is 6.92 Å². The lowest BCUT2D eigenvalue weighted by Gasteiger charge is -2.07. The van der Waals surface area contributed by atoms with E-state index in [2.05, 4.69) is 48.8 Å². The van der Waals surface area contributed by atoms with Crippen molar-refractivity contribution in [1.82, 2.24) is 5.32 Å². The summed E-state index contributed by atoms with van der Waals surface area (Å²) in [6.45, 7) is 6.16. The standard InChI is InChI=1S/C15H18ClNS/c1-3-6-17-9-13-5-4-12(8-15(13)16)14-7-11(2)18-10-14/h4-5,7-8,10,17H,3,6,9H2,1-2H3. The zero-order valence-corrected chi connectivity index (χ0v) is 12.4. The molecule has 0 aliphatic heterocycles. The molecule has 0 radical (unpaired) electrons. The molecule has 96 valence electrons. The molecule has 0 unspecified atom stereocenters. The highest BCUT2D eigenvalue weighted by Crippen LogP contribution is 2.28. The number of hydrogen-bond donors (Lipinski definition) is 1. The SMILES string of the molecule is CCCNCc1ccc(-c2csc(C)c2)cc1Cl. The van der Waals surface area contributed by atoms with E-state index in [0.717, 1.165) is 24.5 Å². The molecule has 3 heteroatoms. The van der Waals surface area contributed by atoms with Gasteiger partial charge in [-0.05, 0) is 54.1 Å². The average molecular weight is 280 g/mol. The lowest BCUT2D eigenvalue weighted by molar-refractivity contribution is 0.675. The second kappa shape index (κ2) is 6.37. The Labute approximate surface area is 118 Å². The lowest BCUT2D eigenvalue weighted by atomic mass is 10.1. The number of rotatable bonds is 5. The summed E-state index contributed by atoms with van der Waals surface area (Å²) >= 11 is 8.10. The molecule has 18 heavy (non-hydrogen) atoms. The van der Waals surface area contributed by atoms with Gasteiger partial charge in [-0.25, -0.2) is 0 Å². The average Bonchev–Trinajstić information content (AvgIpc) is 2.78. The molecule has 1 heterocycles. The van der Waals surface area contributed by atoms with Crippen LogP contribution in [0.1, 0.15) is 23.8 Å². The third kappa shape index (κ3) is 3.35. The van der Waals surface area contributed by atoms with Crippen LogP contribution in [0.5, 0.6) is 0 Å². The second-order valence-corrected chi connectivity index (χ2v) is 5.95. The zero-order valence-electron chi connectivity index (χ0n) is 10.8. The van der Waals surface area contributed by atoms with Crippen molar-refractivity contribution in [3.63, 3.8) is 0 Å². The smallest absolute Gasteiger partial charge is 0.0457 e. The van der Waals surface area contributed by atoms with Gasteiger partial charge in [-0.15, -0.1) is 11.3 Å². The van der Waals surface area contributed by atoms with Gasteiger partial charge in [-0.2, -0.15) is 0 Å². The van der Waals surface area contributed by atoms with E-state index in [0.29, 0.717) is 0 Å². The molecule has 2 aromatic rings. The fraction of sp³-hybridized carbons (Fsp3) is 0.333. The Morgan fingerprint density at radius 2 is 2.06 bits per heavy atom. The third-order valence-electron chi connectivity index (χ3n) is 2.86. The van der Waals surface area contributed by atoms with Crippen molar-refractivity contribution < 1.29 is 0 Å². The van der Waals surface area contributed by atoms with Crippen LogP contribution in [-0.2, 0) is 6.54 Å². The molecule has 0 aliphatic carbocycles. The van der Waals surface area contributed by atoms with Crippen molar-refractivity contribution in [1.29, 1.82) is 0 Å². The summed E-state index contributed by atoms with van der Waals surface area (Å²) in [6.07, 6.45) is 1.14. The molecule has 2 rings (SSSR count). The minimum Gasteiger partial charge on any atom is -0.313 e. The summed E-state index contributed by atoms with van der Waals surface area (Å²) < 4.78 is 0. The number of thiophene rings is 1. The zero-order chi connectivity index (χ0) is 13.0. The minimum atomic E-state index is 0.843. The van der Waals surface area contributed by atoms with Crippen LogP contribution in [-0.4, -0.2) is 6.54 Å². The Hall–Kier alpha value is -0.830. The molecule has 0 spiro atoms. The van der Waals surface area contributed by atoms with Crippen LogP contribution in [0.4, 0.5) is 0 Å². The maximum Gasteiger partial charge on any atom is 0.0457 e. The Kier molecular flexibility index (Phi) is 4.81. The van der Waals surface area contributed by atoms with Gasteiger partial charge in [-0.3, -0.25) is 0 Å². The van der Waals surface area contributed by atoms with Crippen LogP contribution < -0.4 is 5.32 Å². The maximum absolute atomic E-state index is 6.33. The molecule has 0 amide bonds. The van der Waals surface area contributed by atoms with Crippen LogP contribution in [0.15, 0.2) is 29.6 Å². The van der Waals surface area contributed by atoms with Crippen LogP contribution in [0.3, 0.4) is 0 Å². The molecule has 1 N–H and O–H groups in total. The highest BCUT2D eigenvalue weighted by Gasteiger charge is 2.04. The molecule has 1 nitrogen and oxygen atoms in total. The Balaban J connectivity index is 2.14. The van der Waals surface area contributed by atoms with E-state index in [1.165, 1.54) is 21.6 Å². The number of nitrogens with one attached hydrogen (secondary N) is 1. The largest absolute Gasteiger partial charge is 0.313 e. The maximum atomic E-state index is 6.33. The first-order chi connectivity index (χ1) is 8.70. The van der Waals surface area contributed by atoms with Gasteiger partial charge in [-0.1, -0.05) is 30.7 Å².